The summed E-state index contributed by atoms with van der Waals surface area (Å²) >= 11 is 0. The van der Waals surface area contributed by atoms with Crippen LogP contribution in [0.3, 0.4) is 0 Å². The zero-order valence-electron chi connectivity index (χ0n) is 15.7. The lowest BCUT2D eigenvalue weighted by Crippen LogP contribution is -2.53. The number of hydrogen-bond acceptors (Lipinski definition) is 3. The summed E-state index contributed by atoms with van der Waals surface area (Å²) < 4.78 is 13.0. The van der Waals surface area contributed by atoms with Crippen LogP contribution in [0.1, 0.15) is 13.8 Å². The SMILES string of the molecule is CN=C(NCCNC(=O)C(C)C)N1CCN(c2ccc(F)cc2)CC1.I. The van der Waals surface area contributed by atoms with Crippen molar-refractivity contribution >= 4 is 41.5 Å². The van der Waals surface area contributed by atoms with Crippen LogP contribution in [0.15, 0.2) is 29.3 Å². The summed E-state index contributed by atoms with van der Waals surface area (Å²) in [6, 6.07) is 6.62. The maximum absolute atomic E-state index is 13.0. The lowest BCUT2D eigenvalue weighted by atomic mass is 10.2. The minimum absolute atomic E-state index is 0. The number of guanidine groups is 1. The zero-order valence-corrected chi connectivity index (χ0v) is 18.0. The first-order chi connectivity index (χ1) is 12.0. The van der Waals surface area contributed by atoms with Crippen LogP contribution < -0.4 is 15.5 Å². The Kier molecular flexibility index (Phi) is 9.68. The van der Waals surface area contributed by atoms with Crippen molar-refractivity contribution in [2.24, 2.45) is 10.9 Å². The van der Waals surface area contributed by atoms with E-state index in [1.807, 2.05) is 26.0 Å². The number of piperazine rings is 1. The second-order valence-electron chi connectivity index (χ2n) is 6.37. The number of hydrogen-bond donors (Lipinski definition) is 2. The second kappa shape index (κ2) is 11.2. The van der Waals surface area contributed by atoms with E-state index >= 15 is 0 Å². The summed E-state index contributed by atoms with van der Waals surface area (Å²) in [7, 11) is 1.77. The quantitative estimate of drug-likeness (QED) is 0.295. The maximum Gasteiger partial charge on any atom is 0.222 e. The van der Waals surface area contributed by atoms with Crippen molar-refractivity contribution in [1.29, 1.82) is 0 Å². The lowest BCUT2D eigenvalue weighted by Gasteiger charge is -2.37. The highest BCUT2D eigenvalue weighted by atomic mass is 127. The summed E-state index contributed by atoms with van der Waals surface area (Å²) in [5.74, 6) is 0.692. The molecule has 0 unspecified atom stereocenters. The molecule has 0 saturated carbocycles. The minimum atomic E-state index is -0.212. The summed E-state index contributed by atoms with van der Waals surface area (Å²) in [5, 5.41) is 6.17. The van der Waals surface area contributed by atoms with E-state index in [2.05, 4.69) is 25.4 Å². The van der Waals surface area contributed by atoms with Gasteiger partial charge < -0.3 is 20.4 Å². The van der Waals surface area contributed by atoms with Gasteiger partial charge in [0, 0.05) is 57.9 Å². The molecule has 1 saturated heterocycles. The van der Waals surface area contributed by atoms with E-state index in [0.717, 1.165) is 37.8 Å². The van der Waals surface area contributed by atoms with Gasteiger partial charge in [0.15, 0.2) is 5.96 Å². The number of carbonyl (C=O) groups excluding carboxylic acids is 1. The number of halogens is 2. The van der Waals surface area contributed by atoms with Crippen LogP contribution in [-0.2, 0) is 4.79 Å². The van der Waals surface area contributed by atoms with E-state index in [4.69, 9.17) is 0 Å². The average Bonchev–Trinajstić information content (AvgIpc) is 2.62. The molecule has 2 N–H and O–H groups in total. The van der Waals surface area contributed by atoms with Gasteiger partial charge in [0.1, 0.15) is 5.82 Å². The Balaban J connectivity index is 0.00000338. The smallest absolute Gasteiger partial charge is 0.222 e. The molecule has 6 nitrogen and oxygen atoms in total. The molecular weight excluding hydrogens is 448 g/mol. The van der Waals surface area contributed by atoms with Gasteiger partial charge in [-0.15, -0.1) is 24.0 Å². The van der Waals surface area contributed by atoms with Crippen LogP contribution in [0, 0.1) is 11.7 Å². The molecule has 1 amide bonds. The predicted octanol–water partition coefficient (Wildman–Crippen LogP) is 1.91. The standard InChI is InChI=1S/C18H28FN5O.HI/c1-14(2)17(25)21-8-9-22-18(20-3)24-12-10-23(11-13-24)16-6-4-15(19)5-7-16;/h4-7,14H,8-13H2,1-3H3,(H,20,22)(H,21,25);1H. The number of anilines is 1. The molecule has 2 rings (SSSR count). The van der Waals surface area contributed by atoms with Gasteiger partial charge in [0.25, 0.3) is 0 Å². The number of amides is 1. The molecule has 0 radical (unpaired) electrons. The molecule has 0 aliphatic carbocycles. The third-order valence-corrected chi connectivity index (χ3v) is 4.21. The molecule has 26 heavy (non-hydrogen) atoms. The van der Waals surface area contributed by atoms with Crippen LogP contribution in [-0.4, -0.2) is 63.1 Å². The molecule has 8 heteroatoms. The van der Waals surface area contributed by atoms with Crippen molar-refractivity contribution in [3.8, 4) is 0 Å². The van der Waals surface area contributed by atoms with Gasteiger partial charge in [0.2, 0.25) is 5.91 Å². The number of carbonyl (C=O) groups is 1. The molecule has 146 valence electrons. The molecule has 1 aromatic rings. The molecule has 0 spiro atoms. The first-order valence-electron chi connectivity index (χ1n) is 8.75. The van der Waals surface area contributed by atoms with E-state index in [0.29, 0.717) is 13.1 Å². The van der Waals surface area contributed by atoms with Gasteiger partial charge in [0.05, 0.1) is 0 Å². The Morgan fingerprint density at radius 2 is 1.69 bits per heavy atom. The highest BCUT2D eigenvalue weighted by Crippen LogP contribution is 2.16. The van der Waals surface area contributed by atoms with Gasteiger partial charge in [-0.25, -0.2) is 4.39 Å². The van der Waals surface area contributed by atoms with Crippen LogP contribution >= 0.6 is 24.0 Å². The summed E-state index contributed by atoms with van der Waals surface area (Å²) in [6.45, 7) is 8.37. The van der Waals surface area contributed by atoms with E-state index in [1.165, 1.54) is 12.1 Å². The molecule has 0 aromatic heterocycles. The Bertz CT molecular complexity index is 586. The lowest BCUT2D eigenvalue weighted by molar-refractivity contribution is -0.123. The monoisotopic (exact) mass is 477 g/mol. The fraction of sp³-hybridized carbons (Fsp3) is 0.556. The number of aliphatic imine (C=N–C) groups is 1. The molecule has 1 aliphatic heterocycles. The number of nitrogens with zero attached hydrogens (tertiary/aromatic N) is 3. The summed E-state index contributed by atoms with van der Waals surface area (Å²) in [5.41, 5.74) is 1.04. The van der Waals surface area contributed by atoms with E-state index in [1.54, 1.807) is 7.05 Å². The number of nitrogens with one attached hydrogen (secondary N) is 2. The Hall–Kier alpha value is -1.58. The van der Waals surface area contributed by atoms with Crippen LogP contribution in [0.4, 0.5) is 10.1 Å². The van der Waals surface area contributed by atoms with E-state index in [-0.39, 0.29) is 41.6 Å². The predicted molar refractivity (Wildman–Crippen MR) is 115 cm³/mol. The van der Waals surface area contributed by atoms with Crippen molar-refractivity contribution in [3.05, 3.63) is 30.1 Å². The Morgan fingerprint density at radius 1 is 1.12 bits per heavy atom. The van der Waals surface area contributed by atoms with Crippen molar-refractivity contribution < 1.29 is 9.18 Å². The van der Waals surface area contributed by atoms with Gasteiger partial charge in [-0.3, -0.25) is 9.79 Å². The third kappa shape index (κ3) is 6.62. The molecule has 1 fully saturated rings. The van der Waals surface area contributed by atoms with E-state index < -0.39 is 0 Å². The van der Waals surface area contributed by atoms with Crippen molar-refractivity contribution in [3.63, 3.8) is 0 Å². The zero-order chi connectivity index (χ0) is 18.2. The summed E-state index contributed by atoms with van der Waals surface area (Å²) in [4.78, 5) is 20.3. The third-order valence-electron chi connectivity index (χ3n) is 4.21. The normalized spacial score (nSPS) is 14.9. The fourth-order valence-corrected chi connectivity index (χ4v) is 2.72. The Morgan fingerprint density at radius 3 is 2.23 bits per heavy atom. The van der Waals surface area contributed by atoms with Gasteiger partial charge in [-0.05, 0) is 24.3 Å². The topological polar surface area (TPSA) is 60.0 Å². The summed E-state index contributed by atoms with van der Waals surface area (Å²) in [6.07, 6.45) is 0. The van der Waals surface area contributed by atoms with Crippen molar-refractivity contribution in [1.82, 2.24) is 15.5 Å². The molecule has 1 aliphatic rings. The fourth-order valence-electron chi connectivity index (χ4n) is 2.72. The molecule has 0 atom stereocenters. The molecular formula is C18H29FIN5O. The van der Waals surface area contributed by atoms with Gasteiger partial charge >= 0.3 is 0 Å². The Labute approximate surface area is 172 Å². The van der Waals surface area contributed by atoms with Crippen LogP contribution in [0.2, 0.25) is 0 Å². The van der Waals surface area contributed by atoms with Crippen LogP contribution in [0.5, 0.6) is 0 Å². The highest BCUT2D eigenvalue weighted by molar-refractivity contribution is 14.0. The first-order valence-corrected chi connectivity index (χ1v) is 8.75. The highest BCUT2D eigenvalue weighted by Gasteiger charge is 2.19. The molecule has 1 heterocycles. The largest absolute Gasteiger partial charge is 0.368 e. The van der Waals surface area contributed by atoms with Crippen LogP contribution in [0.25, 0.3) is 0 Å². The van der Waals surface area contributed by atoms with Gasteiger partial charge in [-0.2, -0.15) is 0 Å². The van der Waals surface area contributed by atoms with Crippen molar-refractivity contribution in [2.45, 2.75) is 13.8 Å². The second-order valence-corrected chi connectivity index (χ2v) is 6.37. The first kappa shape index (κ1) is 22.5. The van der Waals surface area contributed by atoms with Gasteiger partial charge in [-0.1, -0.05) is 13.8 Å². The minimum Gasteiger partial charge on any atom is -0.368 e. The molecule has 1 aromatic carbocycles. The molecule has 0 bridgehead atoms. The maximum atomic E-state index is 13.0. The number of rotatable bonds is 5. The average molecular weight is 477 g/mol. The van der Waals surface area contributed by atoms with E-state index in [9.17, 15) is 9.18 Å². The number of benzene rings is 1. The van der Waals surface area contributed by atoms with Crippen molar-refractivity contribution in [2.75, 3.05) is 51.2 Å².